The zero-order chi connectivity index (χ0) is 15.6. The Hall–Kier alpha value is -2.17. The van der Waals surface area contributed by atoms with Crippen LogP contribution in [-0.2, 0) is 11.2 Å². The summed E-state index contributed by atoms with van der Waals surface area (Å²) in [6.45, 7) is 7.42. The predicted molar refractivity (Wildman–Crippen MR) is 82.5 cm³/mol. The summed E-state index contributed by atoms with van der Waals surface area (Å²) in [5.74, 6) is 0.233. The summed E-state index contributed by atoms with van der Waals surface area (Å²) in [5, 5.41) is 13.4. The number of benzene rings is 1. The Balaban J connectivity index is 2.03. The van der Waals surface area contributed by atoms with E-state index in [0.717, 1.165) is 16.5 Å². The molecule has 2 rings (SSSR count). The van der Waals surface area contributed by atoms with Crippen LogP contribution in [0.2, 0.25) is 0 Å². The minimum absolute atomic E-state index is 0.0683. The lowest BCUT2D eigenvalue weighted by Crippen LogP contribution is -2.38. The van der Waals surface area contributed by atoms with Crippen LogP contribution in [0.1, 0.15) is 33.3 Å². The number of carbonyl (C=O) groups excluding carboxylic acids is 1. The summed E-state index contributed by atoms with van der Waals surface area (Å²) in [7, 11) is 0. The Bertz CT molecular complexity index is 640. The maximum atomic E-state index is 11.7. The number of hydrogen-bond acceptors (Lipinski definition) is 3. The molecule has 3 N–H and O–H groups in total. The molecule has 21 heavy (non-hydrogen) atoms. The summed E-state index contributed by atoms with van der Waals surface area (Å²) in [5.41, 5.74) is 1.51. The average molecular weight is 290 g/mol. The fourth-order valence-electron chi connectivity index (χ4n) is 2.22. The second-order valence-electron chi connectivity index (χ2n) is 6.30. The highest BCUT2D eigenvalue weighted by Gasteiger charge is 2.18. The van der Waals surface area contributed by atoms with Crippen LogP contribution in [0, 0.1) is 0 Å². The third kappa shape index (κ3) is 4.15. The van der Waals surface area contributed by atoms with Crippen LogP contribution >= 0.6 is 0 Å². The standard InChI is InChI=1S/C16H22N2O3/c1-10(18-15(20)21-16(2,3)4)7-11-9-17-14-6-5-12(19)8-13(11)14/h5-6,8-10,17,19H,7H2,1-4H3,(H,18,20). The van der Waals surface area contributed by atoms with Gasteiger partial charge in [0.25, 0.3) is 0 Å². The van der Waals surface area contributed by atoms with Gasteiger partial charge < -0.3 is 20.1 Å². The molecule has 0 bridgehead atoms. The van der Waals surface area contributed by atoms with E-state index in [1.165, 1.54) is 0 Å². The maximum Gasteiger partial charge on any atom is 0.407 e. The molecule has 1 heterocycles. The largest absolute Gasteiger partial charge is 0.508 e. The summed E-state index contributed by atoms with van der Waals surface area (Å²) >= 11 is 0. The predicted octanol–water partition coefficient (Wildman–Crippen LogP) is 3.33. The van der Waals surface area contributed by atoms with Crippen molar-refractivity contribution in [3.05, 3.63) is 30.0 Å². The van der Waals surface area contributed by atoms with Crippen LogP contribution in [0.4, 0.5) is 4.79 Å². The van der Waals surface area contributed by atoms with Crippen LogP contribution in [0.5, 0.6) is 5.75 Å². The second kappa shape index (κ2) is 5.68. The number of phenols is 1. The van der Waals surface area contributed by atoms with Gasteiger partial charge >= 0.3 is 6.09 Å². The van der Waals surface area contributed by atoms with Gasteiger partial charge in [0, 0.05) is 23.1 Å². The van der Waals surface area contributed by atoms with Crippen molar-refractivity contribution in [2.45, 2.75) is 45.8 Å². The molecule has 1 unspecified atom stereocenters. The van der Waals surface area contributed by atoms with Crippen molar-refractivity contribution >= 4 is 17.0 Å². The summed E-state index contributed by atoms with van der Waals surface area (Å²) in [6, 6.07) is 5.13. The molecule has 0 aliphatic heterocycles. The summed E-state index contributed by atoms with van der Waals surface area (Å²) in [6.07, 6.45) is 2.14. The Kier molecular flexibility index (Phi) is 4.11. The van der Waals surface area contributed by atoms with Crippen LogP contribution in [0.15, 0.2) is 24.4 Å². The lowest BCUT2D eigenvalue weighted by molar-refractivity contribution is 0.0508. The fourth-order valence-corrected chi connectivity index (χ4v) is 2.22. The van der Waals surface area contributed by atoms with E-state index in [1.54, 1.807) is 12.1 Å². The van der Waals surface area contributed by atoms with Crippen LogP contribution < -0.4 is 5.32 Å². The Labute approximate surface area is 124 Å². The first kappa shape index (κ1) is 15.2. The number of ether oxygens (including phenoxy) is 1. The minimum Gasteiger partial charge on any atom is -0.508 e. The number of phenolic OH excluding ortho intramolecular Hbond substituents is 1. The van der Waals surface area contributed by atoms with Gasteiger partial charge in [-0.1, -0.05) is 0 Å². The van der Waals surface area contributed by atoms with Gasteiger partial charge in [-0.05, 0) is 57.9 Å². The maximum absolute atomic E-state index is 11.7. The Morgan fingerprint density at radius 2 is 2.14 bits per heavy atom. The first-order chi connectivity index (χ1) is 9.74. The number of amides is 1. The second-order valence-corrected chi connectivity index (χ2v) is 6.30. The lowest BCUT2D eigenvalue weighted by Gasteiger charge is -2.21. The summed E-state index contributed by atoms with van der Waals surface area (Å²) in [4.78, 5) is 14.9. The monoisotopic (exact) mass is 290 g/mol. The molecule has 5 heteroatoms. The molecule has 0 radical (unpaired) electrons. The highest BCUT2D eigenvalue weighted by molar-refractivity contribution is 5.84. The van der Waals surface area contributed by atoms with Crippen LogP contribution in [0.25, 0.3) is 10.9 Å². The number of aromatic amines is 1. The normalized spacial score (nSPS) is 13.1. The molecule has 0 spiro atoms. The molecular weight excluding hydrogens is 268 g/mol. The lowest BCUT2D eigenvalue weighted by atomic mass is 10.1. The first-order valence-electron chi connectivity index (χ1n) is 7.03. The molecule has 5 nitrogen and oxygen atoms in total. The minimum atomic E-state index is -0.504. The van der Waals surface area contributed by atoms with Crippen molar-refractivity contribution in [2.75, 3.05) is 0 Å². The molecule has 1 aromatic heterocycles. The summed E-state index contributed by atoms with van der Waals surface area (Å²) < 4.78 is 5.24. The zero-order valence-electron chi connectivity index (χ0n) is 12.9. The number of fused-ring (bicyclic) bond motifs is 1. The van der Waals surface area contributed by atoms with E-state index in [9.17, 15) is 9.90 Å². The van der Waals surface area contributed by atoms with Crippen molar-refractivity contribution in [1.82, 2.24) is 10.3 Å². The van der Waals surface area contributed by atoms with Gasteiger partial charge in [-0.25, -0.2) is 4.79 Å². The fraction of sp³-hybridized carbons (Fsp3) is 0.438. The average Bonchev–Trinajstić information content (AvgIpc) is 2.69. The third-order valence-electron chi connectivity index (χ3n) is 3.04. The molecule has 1 amide bonds. The van der Waals surface area contributed by atoms with Gasteiger partial charge in [0.1, 0.15) is 11.4 Å². The highest BCUT2D eigenvalue weighted by atomic mass is 16.6. The van der Waals surface area contributed by atoms with Gasteiger partial charge in [0.2, 0.25) is 0 Å². The Morgan fingerprint density at radius 1 is 1.43 bits per heavy atom. The number of aromatic nitrogens is 1. The van der Waals surface area contributed by atoms with Crippen molar-refractivity contribution in [1.29, 1.82) is 0 Å². The molecular formula is C16H22N2O3. The van der Waals surface area contributed by atoms with E-state index in [-0.39, 0.29) is 11.8 Å². The molecule has 114 valence electrons. The SMILES string of the molecule is CC(Cc1c[nH]c2ccc(O)cc12)NC(=O)OC(C)(C)C. The number of rotatable bonds is 3. The van der Waals surface area contributed by atoms with Crippen molar-refractivity contribution in [3.63, 3.8) is 0 Å². The van der Waals surface area contributed by atoms with E-state index >= 15 is 0 Å². The van der Waals surface area contributed by atoms with Crippen LogP contribution in [-0.4, -0.2) is 27.8 Å². The zero-order valence-corrected chi connectivity index (χ0v) is 12.9. The van der Waals surface area contributed by atoms with Gasteiger partial charge in [0.15, 0.2) is 0 Å². The van der Waals surface area contributed by atoms with E-state index in [2.05, 4.69) is 10.3 Å². The number of alkyl carbamates (subject to hydrolysis) is 1. The molecule has 0 fully saturated rings. The molecule has 0 saturated carbocycles. The van der Waals surface area contributed by atoms with E-state index in [0.29, 0.717) is 6.42 Å². The number of nitrogens with one attached hydrogen (secondary N) is 2. The topological polar surface area (TPSA) is 74.4 Å². The van der Waals surface area contributed by atoms with Gasteiger partial charge in [-0.3, -0.25) is 0 Å². The number of aromatic hydroxyl groups is 1. The molecule has 1 aromatic carbocycles. The molecule has 0 saturated heterocycles. The molecule has 1 atom stereocenters. The van der Waals surface area contributed by atoms with Crippen LogP contribution in [0.3, 0.4) is 0 Å². The van der Waals surface area contributed by atoms with Crippen molar-refractivity contribution in [3.8, 4) is 5.75 Å². The van der Waals surface area contributed by atoms with E-state index in [4.69, 9.17) is 4.74 Å². The molecule has 0 aliphatic carbocycles. The van der Waals surface area contributed by atoms with Gasteiger partial charge in [-0.15, -0.1) is 0 Å². The van der Waals surface area contributed by atoms with Gasteiger partial charge in [0.05, 0.1) is 0 Å². The first-order valence-corrected chi connectivity index (χ1v) is 7.03. The van der Waals surface area contributed by atoms with E-state index < -0.39 is 11.7 Å². The third-order valence-corrected chi connectivity index (χ3v) is 3.04. The molecule has 2 aromatic rings. The number of H-pyrrole nitrogens is 1. The highest BCUT2D eigenvalue weighted by Crippen LogP contribution is 2.23. The smallest absolute Gasteiger partial charge is 0.407 e. The number of carbonyl (C=O) groups is 1. The molecule has 0 aliphatic rings. The van der Waals surface area contributed by atoms with Crippen molar-refractivity contribution in [2.24, 2.45) is 0 Å². The number of hydrogen-bond donors (Lipinski definition) is 3. The van der Waals surface area contributed by atoms with Gasteiger partial charge in [-0.2, -0.15) is 0 Å². The van der Waals surface area contributed by atoms with Crippen molar-refractivity contribution < 1.29 is 14.6 Å². The quantitative estimate of drug-likeness (QED) is 0.811. The Morgan fingerprint density at radius 3 is 2.81 bits per heavy atom. The van der Waals surface area contributed by atoms with E-state index in [1.807, 2.05) is 40.0 Å².